The molecule has 8 nitrogen and oxygen atoms in total. The molecule has 1 amide bonds. The number of hydrazone groups is 1. The summed E-state index contributed by atoms with van der Waals surface area (Å²) in [5, 5.41) is 16.4. The number of hydrogen-bond donors (Lipinski definition) is 3. The zero-order valence-electron chi connectivity index (χ0n) is 15.1. The van der Waals surface area contributed by atoms with Gasteiger partial charge in [-0.2, -0.15) is 0 Å². The van der Waals surface area contributed by atoms with Gasteiger partial charge in [0.1, 0.15) is 12.8 Å². The quantitative estimate of drug-likeness (QED) is 0.681. The number of rotatable bonds is 5. The lowest BCUT2D eigenvalue weighted by molar-refractivity contribution is -0.526. The third-order valence-corrected chi connectivity index (χ3v) is 4.60. The van der Waals surface area contributed by atoms with Gasteiger partial charge >= 0.3 is 5.84 Å². The molecule has 1 aromatic rings. The van der Waals surface area contributed by atoms with E-state index in [2.05, 4.69) is 20.3 Å². The SMILES string of the molecule is CC[N+]1=C(N)C(=Nc2ccc(N3CCC(CO)C3)cc2NC(C)=O)C=N1. The van der Waals surface area contributed by atoms with Crippen molar-refractivity contribution >= 4 is 40.7 Å². The van der Waals surface area contributed by atoms with E-state index in [-0.39, 0.29) is 12.5 Å². The van der Waals surface area contributed by atoms with Crippen molar-refractivity contribution in [2.24, 2.45) is 21.7 Å². The Labute approximate surface area is 152 Å². The number of nitrogens with two attached hydrogens (primary N) is 1. The third-order valence-electron chi connectivity index (χ3n) is 4.60. The maximum atomic E-state index is 11.6. The Balaban J connectivity index is 1.92. The standard InChI is InChI=1S/C18H24N6O2/c1-3-24-18(19)17(9-20-24)22-15-5-4-14(8-16(15)21-12(2)26)23-7-6-13(10-23)11-25/h4-5,8-9,13,25H,3,6-7,10-11H2,1-2H3,(H2,19,20,21,26)/p+1. The predicted octanol–water partition coefficient (Wildman–Crippen LogP) is 0.925. The lowest BCUT2D eigenvalue weighted by Gasteiger charge is -2.20. The van der Waals surface area contributed by atoms with Crippen molar-refractivity contribution in [1.82, 2.24) is 0 Å². The molecule has 0 saturated carbocycles. The van der Waals surface area contributed by atoms with E-state index >= 15 is 0 Å². The molecule has 0 radical (unpaired) electrons. The number of aliphatic hydroxyl groups excluding tert-OH is 1. The van der Waals surface area contributed by atoms with Crippen LogP contribution in [0.4, 0.5) is 17.1 Å². The molecule has 0 spiro atoms. The van der Waals surface area contributed by atoms with Gasteiger partial charge in [0, 0.05) is 38.2 Å². The minimum Gasteiger partial charge on any atom is -0.396 e. The summed E-state index contributed by atoms with van der Waals surface area (Å²) in [5.74, 6) is 0.629. The average molecular weight is 357 g/mol. The number of benzene rings is 1. The summed E-state index contributed by atoms with van der Waals surface area (Å²) in [6, 6.07) is 5.76. The fourth-order valence-electron chi connectivity index (χ4n) is 3.18. The molecule has 1 saturated heterocycles. The zero-order chi connectivity index (χ0) is 18.7. The summed E-state index contributed by atoms with van der Waals surface area (Å²) >= 11 is 0. The number of aliphatic imine (C=N–C) groups is 1. The van der Waals surface area contributed by atoms with Gasteiger partial charge in [-0.15, -0.1) is 4.68 Å². The number of carbonyl (C=O) groups is 1. The predicted molar refractivity (Wildman–Crippen MR) is 104 cm³/mol. The van der Waals surface area contributed by atoms with Gasteiger partial charge in [0.15, 0.2) is 5.71 Å². The zero-order valence-corrected chi connectivity index (χ0v) is 15.1. The molecule has 1 atom stereocenters. The van der Waals surface area contributed by atoms with Gasteiger partial charge in [-0.3, -0.25) is 10.5 Å². The number of nitrogens with zero attached hydrogens (tertiary/aromatic N) is 4. The van der Waals surface area contributed by atoms with Crippen molar-refractivity contribution < 1.29 is 14.6 Å². The number of amides is 1. The molecule has 0 aliphatic carbocycles. The smallest absolute Gasteiger partial charge is 0.321 e. The van der Waals surface area contributed by atoms with E-state index in [4.69, 9.17) is 5.73 Å². The van der Waals surface area contributed by atoms with Crippen LogP contribution >= 0.6 is 0 Å². The lowest BCUT2D eigenvalue weighted by Crippen LogP contribution is -2.28. The van der Waals surface area contributed by atoms with Crippen LogP contribution in [0.15, 0.2) is 28.3 Å². The van der Waals surface area contributed by atoms with Crippen molar-refractivity contribution in [3.8, 4) is 0 Å². The molecule has 1 fully saturated rings. The van der Waals surface area contributed by atoms with Crippen molar-refractivity contribution in [3.05, 3.63) is 18.2 Å². The molecule has 2 aliphatic heterocycles. The average Bonchev–Trinajstić information content (AvgIpc) is 3.23. The second-order valence-electron chi connectivity index (χ2n) is 6.51. The number of amidine groups is 1. The molecule has 138 valence electrons. The van der Waals surface area contributed by atoms with Crippen molar-refractivity contribution in [2.45, 2.75) is 20.3 Å². The van der Waals surface area contributed by atoms with E-state index in [1.54, 1.807) is 10.9 Å². The Kier molecular flexibility index (Phi) is 5.32. The topological polar surface area (TPSA) is 106 Å². The van der Waals surface area contributed by atoms with Crippen molar-refractivity contribution in [1.29, 1.82) is 0 Å². The maximum Gasteiger partial charge on any atom is 0.321 e. The molecular formula is C18H25N6O2+. The molecule has 0 bridgehead atoms. The van der Waals surface area contributed by atoms with E-state index < -0.39 is 0 Å². The van der Waals surface area contributed by atoms with Crippen LogP contribution in [0.1, 0.15) is 20.3 Å². The first-order valence-corrected chi connectivity index (χ1v) is 8.82. The lowest BCUT2D eigenvalue weighted by atomic mass is 10.1. The Hall–Kier alpha value is -2.74. The Morgan fingerprint density at radius 3 is 2.96 bits per heavy atom. The molecule has 1 aromatic carbocycles. The van der Waals surface area contributed by atoms with E-state index in [9.17, 15) is 9.90 Å². The molecule has 4 N–H and O–H groups in total. The summed E-state index contributed by atoms with van der Waals surface area (Å²) in [4.78, 5) is 18.4. The van der Waals surface area contributed by atoms with Crippen LogP contribution in [0, 0.1) is 5.92 Å². The third kappa shape index (κ3) is 3.75. The van der Waals surface area contributed by atoms with Gasteiger partial charge in [0.05, 0.1) is 11.4 Å². The van der Waals surface area contributed by atoms with Crippen LogP contribution in [-0.4, -0.2) is 59.7 Å². The van der Waals surface area contributed by atoms with E-state index in [0.29, 0.717) is 35.4 Å². The highest BCUT2D eigenvalue weighted by Gasteiger charge is 2.24. The molecule has 1 unspecified atom stereocenters. The Bertz CT molecular complexity index is 799. The summed E-state index contributed by atoms with van der Waals surface area (Å²) in [6.45, 7) is 5.99. The first-order chi connectivity index (χ1) is 12.5. The first-order valence-electron chi connectivity index (χ1n) is 8.82. The van der Waals surface area contributed by atoms with Crippen LogP contribution in [0.3, 0.4) is 0 Å². The number of carbonyl (C=O) groups excluding carboxylic acids is 1. The minimum absolute atomic E-state index is 0.162. The molecule has 2 aliphatic rings. The second kappa shape index (κ2) is 7.65. The summed E-state index contributed by atoms with van der Waals surface area (Å²) in [5.41, 5.74) is 8.90. The highest BCUT2D eigenvalue weighted by Crippen LogP contribution is 2.32. The van der Waals surface area contributed by atoms with Gasteiger partial charge in [-0.25, -0.2) is 4.99 Å². The molecular weight excluding hydrogens is 332 g/mol. The van der Waals surface area contributed by atoms with Gasteiger partial charge in [-0.1, -0.05) is 5.10 Å². The largest absolute Gasteiger partial charge is 0.396 e. The summed E-state index contributed by atoms with van der Waals surface area (Å²) in [6.07, 6.45) is 2.58. The van der Waals surface area contributed by atoms with Crippen LogP contribution in [0.5, 0.6) is 0 Å². The Morgan fingerprint density at radius 1 is 1.54 bits per heavy atom. The van der Waals surface area contributed by atoms with Crippen LogP contribution in [0.25, 0.3) is 0 Å². The Morgan fingerprint density at radius 2 is 2.35 bits per heavy atom. The molecule has 8 heteroatoms. The van der Waals surface area contributed by atoms with Gasteiger partial charge in [0.25, 0.3) is 0 Å². The maximum absolute atomic E-state index is 11.6. The molecule has 26 heavy (non-hydrogen) atoms. The van der Waals surface area contributed by atoms with E-state index in [1.807, 2.05) is 25.1 Å². The normalized spacial score (nSPS) is 21.1. The fourth-order valence-corrected chi connectivity index (χ4v) is 3.18. The van der Waals surface area contributed by atoms with Crippen molar-refractivity contribution in [3.63, 3.8) is 0 Å². The van der Waals surface area contributed by atoms with Crippen LogP contribution in [-0.2, 0) is 4.79 Å². The van der Waals surface area contributed by atoms with Crippen molar-refractivity contribution in [2.75, 3.05) is 36.5 Å². The summed E-state index contributed by atoms with van der Waals surface area (Å²) in [7, 11) is 0. The number of hydrogen-bond acceptors (Lipinski definition) is 6. The minimum atomic E-state index is -0.162. The molecule has 3 rings (SSSR count). The van der Waals surface area contributed by atoms with E-state index in [0.717, 1.165) is 25.2 Å². The van der Waals surface area contributed by atoms with Crippen LogP contribution in [0.2, 0.25) is 0 Å². The molecule has 0 aromatic heterocycles. The number of nitrogens with one attached hydrogen (secondary N) is 1. The number of aliphatic hydroxyl groups is 1. The second-order valence-corrected chi connectivity index (χ2v) is 6.51. The van der Waals surface area contributed by atoms with Gasteiger partial charge < -0.3 is 15.3 Å². The first kappa shape index (κ1) is 18.1. The van der Waals surface area contributed by atoms with Gasteiger partial charge in [-0.05, 0) is 31.5 Å². The highest BCUT2D eigenvalue weighted by atomic mass is 16.3. The monoisotopic (exact) mass is 357 g/mol. The molecule has 2 heterocycles. The number of anilines is 2. The fraction of sp³-hybridized carbons (Fsp3) is 0.444. The summed E-state index contributed by atoms with van der Waals surface area (Å²) < 4.78 is 1.67. The van der Waals surface area contributed by atoms with Crippen LogP contribution < -0.4 is 16.0 Å². The van der Waals surface area contributed by atoms with Gasteiger partial charge in [0.2, 0.25) is 5.91 Å². The highest BCUT2D eigenvalue weighted by molar-refractivity contribution is 6.62. The van der Waals surface area contributed by atoms with E-state index in [1.165, 1.54) is 6.92 Å².